The SMILES string of the molecule is O=P1(c2ccccc2)C=C[Se]C=C1. The van der Waals surface area contributed by atoms with Gasteiger partial charge in [-0.25, -0.2) is 0 Å². The molecule has 1 aliphatic heterocycles. The Morgan fingerprint density at radius 2 is 1.62 bits per heavy atom. The van der Waals surface area contributed by atoms with Gasteiger partial charge in [0.25, 0.3) is 0 Å². The van der Waals surface area contributed by atoms with Crippen LogP contribution in [0.5, 0.6) is 0 Å². The van der Waals surface area contributed by atoms with Gasteiger partial charge in [0, 0.05) is 0 Å². The van der Waals surface area contributed by atoms with Crippen LogP contribution in [0, 0.1) is 0 Å². The van der Waals surface area contributed by atoms with Gasteiger partial charge in [-0.05, 0) is 0 Å². The van der Waals surface area contributed by atoms with Crippen LogP contribution in [0.1, 0.15) is 0 Å². The molecule has 0 N–H and O–H groups in total. The molecule has 1 heterocycles. The van der Waals surface area contributed by atoms with Crippen molar-refractivity contribution in [2.75, 3.05) is 0 Å². The van der Waals surface area contributed by atoms with E-state index in [1.54, 1.807) is 0 Å². The molecule has 1 aromatic rings. The Labute approximate surface area is 84.1 Å². The van der Waals surface area contributed by atoms with Gasteiger partial charge in [-0.15, -0.1) is 0 Å². The Balaban J connectivity index is 2.46. The van der Waals surface area contributed by atoms with E-state index < -0.39 is 7.14 Å². The molecule has 2 rings (SSSR count). The van der Waals surface area contributed by atoms with Crippen LogP contribution in [0.4, 0.5) is 0 Å². The molecule has 0 saturated carbocycles. The predicted molar refractivity (Wildman–Crippen MR) is 57.7 cm³/mol. The summed E-state index contributed by atoms with van der Waals surface area (Å²) >= 11 is 0.405. The van der Waals surface area contributed by atoms with E-state index in [1.165, 1.54) is 0 Å². The number of benzene rings is 1. The van der Waals surface area contributed by atoms with Gasteiger partial charge in [-0.2, -0.15) is 0 Å². The van der Waals surface area contributed by atoms with Crippen molar-refractivity contribution in [1.29, 1.82) is 0 Å². The molecule has 0 fully saturated rings. The second-order valence-corrected chi connectivity index (χ2v) is 7.00. The van der Waals surface area contributed by atoms with Crippen LogP contribution in [-0.2, 0) is 4.57 Å². The molecule has 0 saturated heterocycles. The Bertz CT molecular complexity index is 379. The Hall–Kier alpha value is -0.551. The summed E-state index contributed by atoms with van der Waals surface area (Å²) in [7, 11) is -2.31. The molecule has 0 unspecified atom stereocenters. The summed E-state index contributed by atoms with van der Waals surface area (Å²) in [4.78, 5) is 4.06. The van der Waals surface area contributed by atoms with Gasteiger partial charge >= 0.3 is 83.9 Å². The minimum atomic E-state index is -2.31. The van der Waals surface area contributed by atoms with Gasteiger partial charge in [0.15, 0.2) is 0 Å². The van der Waals surface area contributed by atoms with E-state index >= 15 is 0 Å². The first-order valence-electron chi connectivity index (χ1n) is 3.97. The normalized spacial score (nSPS) is 18.8. The van der Waals surface area contributed by atoms with Gasteiger partial charge in [-0.3, -0.25) is 0 Å². The minimum absolute atomic E-state index is 0.405. The van der Waals surface area contributed by atoms with Gasteiger partial charge in [0.1, 0.15) is 0 Å². The second-order valence-electron chi connectivity index (χ2n) is 2.75. The standard InChI is InChI=1S/C10H9OPSe/c11-12(6-8-13-9-7-12)10-4-2-1-3-5-10/h1-9H. The fraction of sp³-hybridized carbons (Fsp3) is 0. The molecular weight excluding hydrogens is 246 g/mol. The van der Waals surface area contributed by atoms with E-state index in [2.05, 4.69) is 0 Å². The van der Waals surface area contributed by atoms with E-state index in [4.69, 9.17) is 0 Å². The van der Waals surface area contributed by atoms with Crippen LogP contribution in [0.3, 0.4) is 0 Å². The zero-order valence-corrected chi connectivity index (χ0v) is 9.57. The van der Waals surface area contributed by atoms with Crippen LogP contribution >= 0.6 is 7.14 Å². The van der Waals surface area contributed by atoms with Crippen LogP contribution < -0.4 is 5.30 Å². The van der Waals surface area contributed by atoms with E-state index in [0.29, 0.717) is 15.0 Å². The van der Waals surface area contributed by atoms with Crippen molar-refractivity contribution >= 4 is 27.4 Å². The van der Waals surface area contributed by atoms with Crippen molar-refractivity contribution < 1.29 is 4.57 Å². The number of hydrogen-bond donors (Lipinski definition) is 0. The third-order valence-electron chi connectivity index (χ3n) is 1.88. The number of hydrogen-bond acceptors (Lipinski definition) is 1. The van der Waals surface area contributed by atoms with Crippen molar-refractivity contribution in [3.8, 4) is 0 Å². The molecule has 1 nitrogen and oxygen atoms in total. The fourth-order valence-electron chi connectivity index (χ4n) is 1.18. The predicted octanol–water partition coefficient (Wildman–Crippen LogP) is 2.34. The monoisotopic (exact) mass is 256 g/mol. The van der Waals surface area contributed by atoms with Crippen LogP contribution in [0.25, 0.3) is 0 Å². The molecule has 0 amide bonds. The van der Waals surface area contributed by atoms with Crippen molar-refractivity contribution in [3.63, 3.8) is 0 Å². The molecule has 13 heavy (non-hydrogen) atoms. The van der Waals surface area contributed by atoms with Gasteiger partial charge in [-0.1, -0.05) is 0 Å². The Kier molecular flexibility index (Phi) is 2.55. The van der Waals surface area contributed by atoms with Crippen molar-refractivity contribution in [2.45, 2.75) is 0 Å². The van der Waals surface area contributed by atoms with Gasteiger partial charge in [0.05, 0.1) is 0 Å². The topological polar surface area (TPSA) is 17.1 Å². The molecule has 0 bridgehead atoms. The zero-order chi connectivity index (χ0) is 9.15. The molecule has 0 aromatic heterocycles. The molecule has 1 aromatic carbocycles. The molecule has 0 aliphatic carbocycles. The second kappa shape index (κ2) is 3.67. The summed E-state index contributed by atoms with van der Waals surface area (Å²) in [6.07, 6.45) is 0. The summed E-state index contributed by atoms with van der Waals surface area (Å²) in [5.74, 6) is 3.73. The average molecular weight is 255 g/mol. The van der Waals surface area contributed by atoms with E-state index in [9.17, 15) is 4.57 Å². The molecule has 3 heteroatoms. The first-order valence-corrected chi connectivity index (χ1v) is 7.79. The first kappa shape index (κ1) is 9.02. The third-order valence-corrected chi connectivity index (χ3v) is 6.31. The summed E-state index contributed by atoms with van der Waals surface area (Å²) in [5, 5.41) is 0.929. The average Bonchev–Trinajstić information content (AvgIpc) is 2.20. The van der Waals surface area contributed by atoms with Gasteiger partial charge in [0.2, 0.25) is 0 Å². The molecule has 0 radical (unpaired) electrons. The van der Waals surface area contributed by atoms with E-state index in [0.717, 1.165) is 5.30 Å². The van der Waals surface area contributed by atoms with Gasteiger partial charge < -0.3 is 0 Å². The summed E-state index contributed by atoms with van der Waals surface area (Å²) in [6, 6.07) is 9.64. The first-order chi connectivity index (χ1) is 6.31. The third kappa shape index (κ3) is 1.86. The summed E-state index contributed by atoms with van der Waals surface area (Å²) in [5.41, 5.74) is 0. The van der Waals surface area contributed by atoms with E-state index in [-0.39, 0.29) is 0 Å². The zero-order valence-electron chi connectivity index (χ0n) is 6.96. The molecule has 66 valence electrons. The van der Waals surface area contributed by atoms with Crippen LogP contribution in [0.15, 0.2) is 51.9 Å². The molecule has 1 aliphatic rings. The summed E-state index contributed by atoms with van der Waals surface area (Å²) < 4.78 is 12.3. The van der Waals surface area contributed by atoms with Crippen LogP contribution in [0.2, 0.25) is 0 Å². The molecular formula is C10H9OPSe. The maximum absolute atomic E-state index is 12.3. The molecule has 0 spiro atoms. The maximum atomic E-state index is 12.3. The van der Waals surface area contributed by atoms with E-state index in [1.807, 2.05) is 51.9 Å². The Morgan fingerprint density at radius 3 is 2.23 bits per heavy atom. The summed E-state index contributed by atoms with van der Waals surface area (Å²) in [6.45, 7) is 0. The van der Waals surface area contributed by atoms with Crippen molar-refractivity contribution in [1.82, 2.24) is 0 Å². The Morgan fingerprint density at radius 1 is 1.00 bits per heavy atom. The van der Waals surface area contributed by atoms with Crippen molar-refractivity contribution in [3.05, 3.63) is 51.9 Å². The van der Waals surface area contributed by atoms with Crippen molar-refractivity contribution in [2.24, 2.45) is 0 Å². The number of rotatable bonds is 1. The molecule has 0 atom stereocenters. The van der Waals surface area contributed by atoms with Crippen LogP contribution in [-0.4, -0.2) is 15.0 Å². The fourth-order valence-corrected chi connectivity index (χ4v) is 6.11. The quantitative estimate of drug-likeness (QED) is 0.556.